The van der Waals surface area contributed by atoms with E-state index in [-0.39, 0.29) is 39.5 Å². The molecule has 7 heteroatoms. The zero-order valence-corrected chi connectivity index (χ0v) is 32.0. The van der Waals surface area contributed by atoms with Gasteiger partial charge in [-0.1, -0.05) is 65.0 Å². The van der Waals surface area contributed by atoms with Crippen LogP contribution >= 0.6 is 0 Å². The summed E-state index contributed by atoms with van der Waals surface area (Å²) in [6, 6.07) is 6.84. The molecule has 4 saturated carbocycles. The summed E-state index contributed by atoms with van der Waals surface area (Å²) in [4.78, 5) is 38.1. The first kappa shape index (κ1) is 36.4. The summed E-state index contributed by atoms with van der Waals surface area (Å²) >= 11 is 0. The summed E-state index contributed by atoms with van der Waals surface area (Å²) in [5.74, 6) is 0.990. The maximum Gasteiger partial charge on any atom is 0.335 e. The second-order valence-corrected chi connectivity index (χ2v) is 19.2. The third kappa shape index (κ3) is 5.40. The number of carboxylic acids is 2. The first-order valence-corrected chi connectivity index (χ1v) is 19.9. The van der Waals surface area contributed by atoms with Gasteiger partial charge >= 0.3 is 11.9 Å². The van der Waals surface area contributed by atoms with Crippen molar-refractivity contribution in [3.05, 3.63) is 53.6 Å². The predicted molar refractivity (Wildman–Crippen MR) is 201 cm³/mol. The molecule has 278 valence electrons. The van der Waals surface area contributed by atoms with E-state index < -0.39 is 18.0 Å². The summed E-state index contributed by atoms with van der Waals surface area (Å²) < 4.78 is 0. The third-order valence-electron chi connectivity index (χ3n) is 16.9. The van der Waals surface area contributed by atoms with Crippen molar-refractivity contribution < 1.29 is 24.6 Å². The number of nitrogens with zero attached hydrogens (tertiary/aromatic N) is 1. The molecule has 51 heavy (non-hydrogen) atoms. The Bertz CT molecular complexity index is 1630. The minimum atomic E-state index is -0.890. The quantitative estimate of drug-likeness (QED) is 0.235. The average molecular weight is 699 g/mol. The lowest BCUT2D eigenvalue weighted by molar-refractivity contribution is -0.225. The topological polar surface area (TPSA) is 107 Å². The molecule has 10 atom stereocenters. The van der Waals surface area contributed by atoms with Crippen molar-refractivity contribution in [2.45, 2.75) is 118 Å². The molecule has 1 amide bonds. The number of nitrogens with one attached hydrogen (secondary N) is 1. The van der Waals surface area contributed by atoms with Crippen LogP contribution in [0.1, 0.15) is 128 Å². The van der Waals surface area contributed by atoms with Gasteiger partial charge in [0.1, 0.15) is 6.04 Å². The monoisotopic (exact) mass is 698 g/mol. The number of aromatic carboxylic acids is 1. The highest BCUT2D eigenvalue weighted by atomic mass is 16.4. The molecule has 1 aliphatic heterocycles. The Morgan fingerprint density at radius 1 is 0.882 bits per heavy atom. The van der Waals surface area contributed by atoms with Crippen molar-refractivity contribution in [3.63, 3.8) is 0 Å². The van der Waals surface area contributed by atoms with Crippen LogP contribution in [-0.4, -0.2) is 58.6 Å². The normalized spacial score (nSPS) is 41.1. The number of carbonyl (C=O) groups excluding carboxylic acids is 1. The molecule has 6 aliphatic rings. The Kier molecular flexibility index (Phi) is 8.99. The number of rotatable bonds is 8. The van der Waals surface area contributed by atoms with E-state index in [1.54, 1.807) is 17.0 Å². The summed E-state index contributed by atoms with van der Waals surface area (Å²) in [6.45, 7) is 21.2. The Morgan fingerprint density at radius 2 is 1.61 bits per heavy atom. The number of allylic oxidation sites excluding steroid dienone is 3. The van der Waals surface area contributed by atoms with Gasteiger partial charge in [-0.15, -0.1) is 0 Å². The minimum absolute atomic E-state index is 0.0162. The molecule has 1 aromatic rings. The van der Waals surface area contributed by atoms with Crippen LogP contribution in [-0.2, 0) is 9.59 Å². The molecule has 3 N–H and O–H groups in total. The number of aliphatic carboxylic acids is 1. The number of amides is 1. The lowest BCUT2D eigenvalue weighted by atomic mass is 9.32. The first-order chi connectivity index (χ1) is 24.0. The molecule has 0 radical (unpaired) electrons. The van der Waals surface area contributed by atoms with Gasteiger partial charge in [0.05, 0.1) is 12.1 Å². The van der Waals surface area contributed by atoms with Gasteiger partial charge in [-0.2, -0.15) is 0 Å². The molecule has 0 bridgehead atoms. The van der Waals surface area contributed by atoms with E-state index in [9.17, 15) is 24.6 Å². The van der Waals surface area contributed by atoms with Crippen molar-refractivity contribution >= 4 is 23.4 Å². The smallest absolute Gasteiger partial charge is 0.335 e. The van der Waals surface area contributed by atoms with Crippen LogP contribution in [0.2, 0.25) is 0 Å². The number of carboxylic acid groups (broad SMARTS) is 2. The molecular formula is C44H62N2O5. The fourth-order valence-corrected chi connectivity index (χ4v) is 14.3. The van der Waals surface area contributed by atoms with Gasteiger partial charge in [-0.05, 0) is 157 Å². The molecular weight excluding hydrogens is 636 g/mol. The lowest BCUT2D eigenvalue weighted by Gasteiger charge is -2.72. The molecule has 0 aromatic heterocycles. The Balaban J connectivity index is 1.14. The van der Waals surface area contributed by atoms with Crippen molar-refractivity contribution in [2.24, 2.45) is 56.7 Å². The van der Waals surface area contributed by atoms with Gasteiger partial charge in [0.15, 0.2) is 0 Å². The fraction of sp³-hybridized carbons (Fsp3) is 0.705. The van der Waals surface area contributed by atoms with Gasteiger partial charge in [0.25, 0.3) is 0 Å². The highest BCUT2D eigenvalue weighted by Gasteiger charge is 2.70. The molecule has 1 heterocycles. The van der Waals surface area contributed by atoms with E-state index in [1.165, 1.54) is 62.5 Å². The van der Waals surface area contributed by atoms with Gasteiger partial charge in [-0.25, -0.2) is 9.59 Å². The molecule has 5 aliphatic carbocycles. The van der Waals surface area contributed by atoms with Crippen molar-refractivity contribution in [1.82, 2.24) is 10.2 Å². The summed E-state index contributed by atoms with van der Waals surface area (Å²) in [5.41, 5.74) is 4.94. The van der Waals surface area contributed by atoms with Crippen LogP contribution < -0.4 is 5.32 Å². The van der Waals surface area contributed by atoms with Crippen molar-refractivity contribution in [2.75, 3.05) is 19.6 Å². The van der Waals surface area contributed by atoms with Gasteiger partial charge in [0, 0.05) is 13.1 Å². The standard InChI is InChI=1S/C44H62N2O5/c1-27(2)30-16-21-44(26-45-25-36(47)46-24-8-9-33(46)39(50)51)23-22-42(6)32(37(30)44)14-15-35-41(5)19-17-31(28-10-12-29(13-11-28)38(48)49)40(3,4)34(41)18-20-43(35,42)7/h10-13,17,30,32-35,37,45H,1,8-9,14-16,18-26H2,2-7H3,(H,48,49)(H,50,51)/t30-,32+,33+,34-,35+,37+,41-,42+,43+,44+/m0/s1. The second-order valence-electron chi connectivity index (χ2n) is 19.2. The SMILES string of the molecule is C=C(C)[C@@H]1CC[C@]2(CNCC(=O)N3CCC[C@@H]3C(=O)O)CC[C@]3(C)[C@H](CC[C@@H]4[C@@]5(C)CC=C(c6ccc(C(=O)O)cc6)C(C)(C)[C@@H]5CC[C@]43C)[C@@H]12. The third-order valence-corrected chi connectivity index (χ3v) is 16.9. The maximum atomic E-state index is 13.2. The van der Waals surface area contributed by atoms with Crippen LogP contribution in [0.5, 0.6) is 0 Å². The van der Waals surface area contributed by atoms with Crippen LogP contribution in [0.3, 0.4) is 0 Å². The maximum absolute atomic E-state index is 13.2. The van der Waals surface area contributed by atoms with Crippen LogP contribution in [0.4, 0.5) is 0 Å². The first-order valence-electron chi connectivity index (χ1n) is 19.9. The van der Waals surface area contributed by atoms with Crippen LogP contribution in [0, 0.1) is 56.7 Å². The highest BCUT2D eigenvalue weighted by molar-refractivity contribution is 5.88. The van der Waals surface area contributed by atoms with E-state index in [0.29, 0.717) is 48.1 Å². The van der Waals surface area contributed by atoms with Crippen LogP contribution in [0.15, 0.2) is 42.5 Å². The number of hydrogen-bond donors (Lipinski definition) is 3. The van der Waals surface area contributed by atoms with Crippen molar-refractivity contribution in [1.29, 1.82) is 0 Å². The molecule has 7 nitrogen and oxygen atoms in total. The molecule has 0 unspecified atom stereocenters. The van der Waals surface area contributed by atoms with Gasteiger partial charge < -0.3 is 20.4 Å². The summed E-state index contributed by atoms with van der Waals surface area (Å²) in [7, 11) is 0. The molecule has 1 saturated heterocycles. The molecule has 1 aromatic carbocycles. The molecule has 5 fully saturated rings. The number of hydrogen-bond acceptors (Lipinski definition) is 4. The molecule has 0 spiro atoms. The second kappa shape index (κ2) is 12.6. The number of fused-ring (bicyclic) bond motifs is 7. The van der Waals surface area contributed by atoms with E-state index in [4.69, 9.17) is 0 Å². The number of carbonyl (C=O) groups is 3. The van der Waals surface area contributed by atoms with E-state index >= 15 is 0 Å². The fourth-order valence-electron chi connectivity index (χ4n) is 14.3. The largest absolute Gasteiger partial charge is 0.480 e. The Hall–Kier alpha value is -2.93. The van der Waals surface area contributed by atoms with Crippen molar-refractivity contribution in [3.8, 4) is 0 Å². The van der Waals surface area contributed by atoms with E-state index in [2.05, 4.69) is 59.5 Å². The highest BCUT2D eigenvalue weighted by Crippen LogP contribution is 2.77. The zero-order valence-electron chi connectivity index (χ0n) is 32.0. The number of likely N-dealkylation sites (tertiary alicyclic amines) is 1. The zero-order chi connectivity index (χ0) is 36.7. The lowest BCUT2D eigenvalue weighted by Crippen LogP contribution is -2.66. The summed E-state index contributed by atoms with van der Waals surface area (Å²) in [6.07, 6.45) is 14.6. The van der Waals surface area contributed by atoms with E-state index in [1.807, 2.05) is 12.1 Å². The Morgan fingerprint density at radius 3 is 2.27 bits per heavy atom. The summed E-state index contributed by atoms with van der Waals surface area (Å²) in [5, 5.41) is 22.8. The van der Waals surface area contributed by atoms with E-state index in [0.717, 1.165) is 24.9 Å². The van der Waals surface area contributed by atoms with Gasteiger partial charge in [-0.3, -0.25) is 4.79 Å². The van der Waals surface area contributed by atoms with Gasteiger partial charge in [0.2, 0.25) is 5.91 Å². The molecule has 7 rings (SSSR count). The van der Waals surface area contributed by atoms with Crippen LogP contribution in [0.25, 0.3) is 5.57 Å². The Labute approximate surface area is 305 Å². The minimum Gasteiger partial charge on any atom is -0.480 e. The predicted octanol–water partition coefficient (Wildman–Crippen LogP) is 8.70. The average Bonchev–Trinajstić information content (AvgIpc) is 3.72. The number of benzene rings is 1.